The molecule has 0 atom stereocenters. The van der Waals surface area contributed by atoms with E-state index in [-0.39, 0.29) is 6.03 Å². The summed E-state index contributed by atoms with van der Waals surface area (Å²) in [6.45, 7) is 26.8. The Bertz CT molecular complexity index is 292. The smallest absolute Gasteiger partial charge is 0.298 e. The molecule has 0 aromatic rings. The second-order valence-corrected chi connectivity index (χ2v) is 29.2. The molecule has 0 fully saturated rings. The van der Waals surface area contributed by atoms with E-state index in [1.54, 1.807) is 0 Å². The van der Waals surface area contributed by atoms with Crippen LogP contribution in [0.1, 0.15) is 0 Å². The molecule has 0 bridgehead atoms. The number of hydrogen-bond acceptors (Lipinski definition) is 2. The van der Waals surface area contributed by atoms with Crippen molar-refractivity contribution in [3.63, 3.8) is 0 Å². The van der Waals surface area contributed by atoms with Crippen LogP contribution in [-0.4, -0.2) is 39.0 Å². The van der Waals surface area contributed by atoms with Crippen molar-refractivity contribution in [3.8, 4) is 0 Å². The van der Waals surface area contributed by atoms with Gasteiger partial charge in [0, 0.05) is 0 Å². The van der Waals surface area contributed by atoms with Gasteiger partial charge in [-0.3, -0.25) is 4.79 Å². The van der Waals surface area contributed by atoms with Gasteiger partial charge in [0.05, 0.1) is 0 Å². The van der Waals surface area contributed by atoms with Crippen LogP contribution in [0.2, 0.25) is 78.6 Å². The second kappa shape index (κ2) is 8.09. The molecule has 3 N–H and O–H groups in total. The maximum absolute atomic E-state index is 11.3. The van der Waals surface area contributed by atoms with Crippen molar-refractivity contribution in [1.29, 1.82) is 0 Å². The first-order valence-electron chi connectivity index (χ1n) is 7.70. The van der Waals surface area contributed by atoms with E-state index < -0.39 is 32.9 Å². The summed E-state index contributed by atoms with van der Waals surface area (Å²) in [6, 6.07) is 0.00772. The van der Waals surface area contributed by atoms with Crippen molar-refractivity contribution in [2.75, 3.05) is 0 Å². The summed E-state index contributed by atoms with van der Waals surface area (Å²) >= 11 is 0. The lowest BCUT2D eigenvalue weighted by molar-refractivity contribution is 0.250. The third-order valence-corrected chi connectivity index (χ3v) is 9.68. The van der Waals surface area contributed by atoms with Crippen molar-refractivity contribution in [1.82, 2.24) is 14.6 Å². The monoisotopic (exact) mass is 365 g/mol. The minimum absolute atomic E-state index is 0.00772. The average molecular weight is 366 g/mol. The summed E-state index contributed by atoms with van der Waals surface area (Å²) < 4.78 is 3.74. The van der Waals surface area contributed by atoms with Gasteiger partial charge in [0.1, 0.15) is 32.9 Å². The quantitative estimate of drug-likeness (QED) is 0.654. The fourth-order valence-electron chi connectivity index (χ4n) is 1.84. The van der Waals surface area contributed by atoms with Gasteiger partial charge in [0.2, 0.25) is 0 Å². The maximum atomic E-state index is 11.3. The highest BCUT2D eigenvalue weighted by Gasteiger charge is 2.22. The van der Waals surface area contributed by atoms with E-state index in [2.05, 4.69) is 93.2 Å². The van der Waals surface area contributed by atoms with E-state index in [0.717, 1.165) is 0 Å². The lowest BCUT2D eigenvalue weighted by Gasteiger charge is -2.28. The van der Waals surface area contributed by atoms with Crippen molar-refractivity contribution < 1.29 is 4.79 Å². The third-order valence-electron chi connectivity index (χ3n) is 1.73. The van der Waals surface area contributed by atoms with Gasteiger partial charge in [0.25, 0.3) is 6.03 Å². The summed E-state index contributed by atoms with van der Waals surface area (Å²) in [7, 11) is -4.88. The Morgan fingerprint density at radius 2 is 0.762 bits per heavy atom. The van der Waals surface area contributed by atoms with Gasteiger partial charge >= 0.3 is 0 Å². The van der Waals surface area contributed by atoms with Crippen LogP contribution in [0.3, 0.4) is 0 Å². The summed E-state index contributed by atoms with van der Waals surface area (Å²) in [5.41, 5.74) is 0. The van der Waals surface area contributed by atoms with Gasteiger partial charge in [-0.05, 0) is 0 Å². The third kappa shape index (κ3) is 25.4. The van der Waals surface area contributed by atoms with Crippen LogP contribution in [0.25, 0.3) is 0 Å². The zero-order valence-electron chi connectivity index (χ0n) is 16.4. The number of urea groups is 1. The number of rotatable bonds is 4. The standard InChI is InChI=1S/C7H20N2OSi2.C6H19NSi2/c1-11(2,3)8-7(10)9-12(4,5)6;1-8(2,3)7-9(4,5)6/h1-6H3,(H2,8,9,10);7H,1-6H3. The molecule has 2 amide bonds. The summed E-state index contributed by atoms with van der Waals surface area (Å²) in [5, 5.41) is 0. The molecule has 0 heterocycles. The van der Waals surface area contributed by atoms with Crippen LogP contribution in [-0.2, 0) is 0 Å². The van der Waals surface area contributed by atoms with Crippen LogP contribution >= 0.6 is 0 Å². The molecule has 0 rings (SSSR count). The Kier molecular flexibility index (Phi) is 9.00. The molecule has 128 valence electrons. The number of amides is 2. The molecule has 0 aliphatic rings. The van der Waals surface area contributed by atoms with E-state index in [1.165, 1.54) is 0 Å². The molecule has 0 aliphatic heterocycles. The van der Waals surface area contributed by atoms with Gasteiger partial charge in [-0.2, -0.15) is 0 Å². The number of carbonyl (C=O) groups excluding carboxylic acids is 1. The Balaban J connectivity index is 0. The number of carbonyl (C=O) groups is 1. The van der Waals surface area contributed by atoms with Gasteiger partial charge in [-0.25, -0.2) is 0 Å². The molecule has 0 saturated carbocycles. The van der Waals surface area contributed by atoms with E-state index in [9.17, 15) is 4.79 Å². The topological polar surface area (TPSA) is 53.2 Å². The molecule has 0 radical (unpaired) electrons. The van der Waals surface area contributed by atoms with E-state index in [1.807, 2.05) is 0 Å². The zero-order valence-corrected chi connectivity index (χ0v) is 20.4. The highest BCUT2D eigenvalue weighted by atomic mass is 28.4. The minimum atomic E-state index is -1.46. The fourth-order valence-corrected chi connectivity index (χ4v) is 12.4. The van der Waals surface area contributed by atoms with Crippen LogP contribution in [0, 0.1) is 0 Å². The zero-order chi connectivity index (χ0) is 17.7. The molecule has 8 heteroatoms. The molecule has 0 unspecified atom stereocenters. The predicted octanol–water partition coefficient (Wildman–Crippen LogP) is 4.20. The minimum Gasteiger partial charge on any atom is -0.366 e. The van der Waals surface area contributed by atoms with Gasteiger partial charge in [-0.15, -0.1) is 0 Å². The van der Waals surface area contributed by atoms with Crippen LogP contribution in [0.4, 0.5) is 4.79 Å². The fraction of sp³-hybridized carbons (Fsp3) is 0.923. The van der Waals surface area contributed by atoms with Crippen molar-refractivity contribution in [2.24, 2.45) is 0 Å². The molecule has 21 heavy (non-hydrogen) atoms. The Labute approximate surface area is 137 Å². The lowest BCUT2D eigenvalue weighted by Crippen LogP contribution is -2.56. The van der Waals surface area contributed by atoms with Crippen molar-refractivity contribution >= 4 is 39.0 Å². The van der Waals surface area contributed by atoms with Crippen LogP contribution in [0.5, 0.6) is 0 Å². The Morgan fingerprint density at radius 3 is 0.857 bits per heavy atom. The number of hydrogen-bond donors (Lipinski definition) is 3. The van der Waals surface area contributed by atoms with E-state index in [0.29, 0.717) is 0 Å². The van der Waals surface area contributed by atoms with Crippen molar-refractivity contribution in [3.05, 3.63) is 0 Å². The SMILES string of the molecule is C[Si](C)(C)NC(=O)N[Si](C)(C)C.C[Si](C)(C)N[Si](C)(C)C. The number of nitrogens with one attached hydrogen (secondary N) is 3. The predicted molar refractivity (Wildman–Crippen MR) is 108 cm³/mol. The first-order chi connectivity index (χ1) is 8.81. The normalized spacial score (nSPS) is 13.1. The molecule has 0 spiro atoms. The van der Waals surface area contributed by atoms with E-state index >= 15 is 0 Å². The Hall–Kier alpha value is 0.0975. The summed E-state index contributed by atoms with van der Waals surface area (Å²) in [4.78, 5) is 17.3. The molecule has 0 aliphatic carbocycles. The van der Waals surface area contributed by atoms with Crippen LogP contribution < -0.4 is 14.6 Å². The average Bonchev–Trinajstić information content (AvgIpc) is 1.85. The largest absolute Gasteiger partial charge is 0.366 e. The first-order valence-corrected chi connectivity index (χ1v) is 21.7. The summed E-state index contributed by atoms with van der Waals surface area (Å²) in [5.74, 6) is 0. The second-order valence-electron chi connectivity index (χ2n) is 9.70. The molecular weight excluding hydrogens is 327 g/mol. The molecule has 0 aromatic carbocycles. The first kappa shape index (κ1) is 23.4. The molecule has 0 saturated heterocycles. The Morgan fingerprint density at radius 1 is 0.524 bits per heavy atom. The summed E-state index contributed by atoms with van der Waals surface area (Å²) in [6.07, 6.45) is 0. The van der Waals surface area contributed by atoms with Gasteiger partial charge in [-0.1, -0.05) is 78.6 Å². The van der Waals surface area contributed by atoms with Crippen LogP contribution in [0.15, 0.2) is 0 Å². The molecule has 0 aromatic heterocycles. The highest BCUT2D eigenvalue weighted by molar-refractivity contribution is 6.90. The van der Waals surface area contributed by atoms with Gasteiger partial charge < -0.3 is 14.6 Å². The van der Waals surface area contributed by atoms with Gasteiger partial charge in [0.15, 0.2) is 0 Å². The molecular formula is C13H39N3OSi4. The maximum Gasteiger partial charge on any atom is 0.298 e. The lowest BCUT2D eigenvalue weighted by atomic mass is 11.2. The van der Waals surface area contributed by atoms with Crippen molar-refractivity contribution in [2.45, 2.75) is 78.6 Å². The molecule has 4 nitrogen and oxygen atoms in total. The van der Waals surface area contributed by atoms with E-state index in [4.69, 9.17) is 0 Å². The highest BCUT2D eigenvalue weighted by Crippen LogP contribution is 2.02.